The Labute approximate surface area is 245 Å². The van der Waals surface area contributed by atoms with Crippen LogP contribution in [0.5, 0.6) is 0 Å². The highest BCUT2D eigenvalue weighted by atomic mass is 79.9. The van der Waals surface area contributed by atoms with Crippen molar-refractivity contribution in [2.75, 3.05) is 26.2 Å². The van der Waals surface area contributed by atoms with Gasteiger partial charge in [0, 0.05) is 34.9 Å². The minimum Gasteiger partial charge on any atom is -0.330 e. The van der Waals surface area contributed by atoms with Gasteiger partial charge in [-0.25, -0.2) is 4.79 Å². The summed E-state index contributed by atoms with van der Waals surface area (Å²) in [6, 6.07) is 24.2. The first kappa shape index (κ1) is 27.8. The first-order valence-electron chi connectivity index (χ1n) is 13.3. The van der Waals surface area contributed by atoms with Gasteiger partial charge in [-0.3, -0.25) is 9.69 Å². The second-order valence-electron chi connectivity index (χ2n) is 10.1. The van der Waals surface area contributed by atoms with Crippen LogP contribution in [-0.4, -0.2) is 53.5 Å². The van der Waals surface area contributed by atoms with Gasteiger partial charge in [-0.1, -0.05) is 92.5 Å². The molecule has 3 amide bonds. The number of rotatable bonds is 10. The van der Waals surface area contributed by atoms with Crippen LogP contribution in [0.1, 0.15) is 24.0 Å². The standard InChI is InChI=1S/C31H32Br2N4O2/c32-27-13-11-21(23-7-1-3-9-25(23)27)19-31(20-22-12-14-28(33)26-10-4-2-8-24(22)26)29(38)36(17-5-15-34)30(39)37(31)18-6-16-35/h1-4,7-14H,5-6,15-20,34-35H2. The fourth-order valence-corrected chi connectivity index (χ4v) is 6.74. The Balaban J connectivity index is 1.71. The normalized spacial score (nSPS) is 15.2. The lowest BCUT2D eigenvalue weighted by Crippen LogP contribution is -2.54. The molecule has 4 N–H and O–H groups in total. The first-order valence-corrected chi connectivity index (χ1v) is 14.9. The molecule has 0 spiro atoms. The summed E-state index contributed by atoms with van der Waals surface area (Å²) in [5, 5.41) is 4.27. The fraction of sp³-hybridized carbons (Fsp3) is 0.290. The summed E-state index contributed by atoms with van der Waals surface area (Å²) < 4.78 is 1.99. The number of halogens is 2. The van der Waals surface area contributed by atoms with Gasteiger partial charge in [-0.05, 0) is 70.7 Å². The van der Waals surface area contributed by atoms with Crippen molar-refractivity contribution >= 4 is 65.3 Å². The van der Waals surface area contributed by atoms with Crippen LogP contribution in [0.15, 0.2) is 81.7 Å². The molecule has 0 atom stereocenters. The van der Waals surface area contributed by atoms with Gasteiger partial charge >= 0.3 is 6.03 Å². The lowest BCUT2D eigenvalue weighted by Gasteiger charge is -2.36. The number of amides is 3. The highest BCUT2D eigenvalue weighted by molar-refractivity contribution is 9.11. The van der Waals surface area contributed by atoms with E-state index in [0.717, 1.165) is 41.6 Å². The third-order valence-electron chi connectivity index (χ3n) is 7.68. The molecule has 0 saturated carbocycles. The second kappa shape index (κ2) is 11.8. The van der Waals surface area contributed by atoms with Crippen molar-refractivity contribution in [2.45, 2.75) is 31.2 Å². The van der Waals surface area contributed by atoms with Gasteiger partial charge < -0.3 is 16.4 Å². The van der Waals surface area contributed by atoms with E-state index in [1.165, 1.54) is 4.90 Å². The van der Waals surface area contributed by atoms with Crippen molar-refractivity contribution < 1.29 is 9.59 Å². The first-order chi connectivity index (χ1) is 18.9. The van der Waals surface area contributed by atoms with Gasteiger partial charge in [0.15, 0.2) is 0 Å². The number of hydrogen-bond acceptors (Lipinski definition) is 4. The third kappa shape index (κ3) is 5.11. The molecule has 1 saturated heterocycles. The average molecular weight is 652 g/mol. The summed E-state index contributed by atoms with van der Waals surface area (Å²) in [6.07, 6.45) is 1.94. The molecule has 6 nitrogen and oxygen atoms in total. The van der Waals surface area contributed by atoms with Crippen molar-refractivity contribution in [2.24, 2.45) is 11.5 Å². The number of hydrogen-bond donors (Lipinski definition) is 2. The van der Waals surface area contributed by atoms with Crippen LogP contribution in [0.3, 0.4) is 0 Å². The predicted molar refractivity (Wildman–Crippen MR) is 165 cm³/mol. The molecule has 1 aliphatic rings. The number of benzene rings is 4. The van der Waals surface area contributed by atoms with E-state index in [1.54, 1.807) is 4.90 Å². The minimum absolute atomic E-state index is 0.169. The van der Waals surface area contributed by atoms with E-state index in [4.69, 9.17) is 11.5 Å². The van der Waals surface area contributed by atoms with Crippen molar-refractivity contribution in [3.63, 3.8) is 0 Å². The van der Waals surface area contributed by atoms with Crippen molar-refractivity contribution in [1.29, 1.82) is 0 Å². The number of nitrogens with zero attached hydrogens (tertiary/aromatic N) is 2. The number of nitrogens with two attached hydrogens (primary N) is 2. The molecule has 202 valence electrons. The molecule has 0 bridgehead atoms. The molecule has 5 rings (SSSR count). The monoisotopic (exact) mass is 650 g/mol. The number of carbonyl (C=O) groups is 2. The SMILES string of the molecule is NCCCN1C(=O)N(CCCN)C(Cc2ccc(Br)c3ccccc23)(Cc2ccc(Br)c3ccccc23)C1=O. The molecular formula is C31H32Br2N4O2. The maximum Gasteiger partial charge on any atom is 0.327 e. The van der Waals surface area contributed by atoms with E-state index in [0.29, 0.717) is 51.9 Å². The van der Waals surface area contributed by atoms with Crippen molar-refractivity contribution in [3.8, 4) is 0 Å². The lowest BCUT2D eigenvalue weighted by atomic mass is 9.80. The molecular weight excluding hydrogens is 620 g/mol. The van der Waals surface area contributed by atoms with Crippen LogP contribution in [0.4, 0.5) is 4.79 Å². The van der Waals surface area contributed by atoms with E-state index in [-0.39, 0.29) is 11.9 Å². The molecule has 0 unspecified atom stereocenters. The zero-order valence-corrected chi connectivity index (χ0v) is 24.9. The molecule has 8 heteroatoms. The minimum atomic E-state index is -1.10. The topological polar surface area (TPSA) is 92.7 Å². The molecule has 39 heavy (non-hydrogen) atoms. The van der Waals surface area contributed by atoms with Gasteiger partial charge in [0.1, 0.15) is 5.54 Å². The Morgan fingerprint density at radius 1 is 0.641 bits per heavy atom. The number of imide groups is 1. The lowest BCUT2D eigenvalue weighted by molar-refractivity contribution is -0.133. The third-order valence-corrected chi connectivity index (χ3v) is 9.06. The number of carbonyl (C=O) groups excluding carboxylic acids is 2. The van der Waals surface area contributed by atoms with Crippen molar-refractivity contribution in [1.82, 2.24) is 9.80 Å². The van der Waals surface area contributed by atoms with E-state index in [2.05, 4.69) is 68.3 Å². The largest absolute Gasteiger partial charge is 0.330 e. The van der Waals surface area contributed by atoms with E-state index in [9.17, 15) is 9.59 Å². The molecule has 0 aromatic heterocycles. The van der Waals surface area contributed by atoms with E-state index < -0.39 is 5.54 Å². The smallest absolute Gasteiger partial charge is 0.327 e. The Bertz CT molecular complexity index is 1450. The number of urea groups is 1. The van der Waals surface area contributed by atoms with Gasteiger partial charge in [0.05, 0.1) is 0 Å². The van der Waals surface area contributed by atoms with Crippen LogP contribution in [0.2, 0.25) is 0 Å². The Morgan fingerprint density at radius 3 is 1.59 bits per heavy atom. The second-order valence-corrected chi connectivity index (χ2v) is 11.8. The molecule has 0 radical (unpaired) electrons. The van der Waals surface area contributed by atoms with Crippen LogP contribution in [0, 0.1) is 0 Å². The summed E-state index contributed by atoms with van der Waals surface area (Å²) in [4.78, 5) is 31.6. The molecule has 4 aromatic rings. The van der Waals surface area contributed by atoms with Crippen LogP contribution in [-0.2, 0) is 17.6 Å². The zero-order valence-electron chi connectivity index (χ0n) is 21.7. The predicted octanol–water partition coefficient (Wildman–Crippen LogP) is 6.00. The average Bonchev–Trinajstić information content (AvgIpc) is 3.14. The molecule has 0 aliphatic carbocycles. The van der Waals surface area contributed by atoms with Gasteiger partial charge in [0.25, 0.3) is 5.91 Å². The molecule has 1 fully saturated rings. The Morgan fingerprint density at radius 2 is 1.10 bits per heavy atom. The molecule has 4 aromatic carbocycles. The zero-order chi connectivity index (χ0) is 27.6. The number of fused-ring (bicyclic) bond motifs is 2. The van der Waals surface area contributed by atoms with Crippen LogP contribution < -0.4 is 11.5 Å². The van der Waals surface area contributed by atoms with Crippen LogP contribution in [0.25, 0.3) is 21.5 Å². The van der Waals surface area contributed by atoms with Gasteiger partial charge in [-0.2, -0.15) is 0 Å². The van der Waals surface area contributed by atoms with Gasteiger partial charge in [0.2, 0.25) is 0 Å². The Kier molecular flexibility index (Phi) is 8.38. The summed E-state index contributed by atoms with van der Waals surface area (Å²) in [6.45, 7) is 1.54. The maximum atomic E-state index is 14.5. The highest BCUT2D eigenvalue weighted by Gasteiger charge is 2.56. The summed E-state index contributed by atoms with van der Waals surface area (Å²) in [7, 11) is 0. The maximum absolute atomic E-state index is 14.5. The molecule has 1 heterocycles. The summed E-state index contributed by atoms with van der Waals surface area (Å²) in [5.74, 6) is -0.169. The fourth-order valence-electron chi connectivity index (χ4n) is 5.78. The Hall–Kier alpha value is -2.78. The van der Waals surface area contributed by atoms with E-state index in [1.807, 2.05) is 36.4 Å². The van der Waals surface area contributed by atoms with Crippen molar-refractivity contribution in [3.05, 3.63) is 92.9 Å². The summed E-state index contributed by atoms with van der Waals surface area (Å²) in [5.41, 5.74) is 12.6. The van der Waals surface area contributed by atoms with Gasteiger partial charge in [-0.15, -0.1) is 0 Å². The summed E-state index contributed by atoms with van der Waals surface area (Å²) >= 11 is 7.36. The quantitative estimate of drug-likeness (QED) is 0.206. The highest BCUT2D eigenvalue weighted by Crippen LogP contribution is 2.40. The van der Waals surface area contributed by atoms with Crippen LogP contribution >= 0.6 is 31.9 Å². The molecule has 1 aliphatic heterocycles. The van der Waals surface area contributed by atoms with E-state index >= 15 is 0 Å².